The Morgan fingerprint density at radius 2 is 2.05 bits per heavy atom. The van der Waals surface area contributed by atoms with Gasteiger partial charge in [-0.3, -0.25) is 0 Å². The number of hydrogen-bond acceptors (Lipinski definition) is 3. The van der Waals surface area contributed by atoms with Gasteiger partial charge in [0.25, 0.3) is 0 Å². The second-order valence-electron chi connectivity index (χ2n) is 5.69. The van der Waals surface area contributed by atoms with Crippen LogP contribution in [0.25, 0.3) is 11.3 Å². The first-order valence-electron chi connectivity index (χ1n) is 7.20. The van der Waals surface area contributed by atoms with Gasteiger partial charge in [-0.15, -0.1) is 0 Å². The Hall–Kier alpha value is -1.26. The molecule has 2 heterocycles. The number of thioether (sulfide) groups is 1. The second-order valence-corrected chi connectivity index (χ2v) is 6.75. The third kappa shape index (κ3) is 2.50. The number of hydrogen-bond donors (Lipinski definition) is 1. The monoisotopic (exact) mass is 287 g/mol. The molecule has 4 heteroatoms. The summed E-state index contributed by atoms with van der Waals surface area (Å²) in [6, 6.07) is 8.79. The van der Waals surface area contributed by atoms with Crippen molar-refractivity contribution in [3.63, 3.8) is 0 Å². The molecule has 2 aromatic rings. The zero-order valence-electron chi connectivity index (χ0n) is 12.1. The molecule has 0 saturated carbocycles. The first-order chi connectivity index (χ1) is 9.69. The molecule has 0 unspecified atom stereocenters. The van der Waals surface area contributed by atoms with E-state index in [9.17, 15) is 0 Å². The Bertz CT molecular complexity index is 599. The second kappa shape index (κ2) is 5.62. The minimum absolute atomic E-state index is 0.552. The Labute approximate surface area is 124 Å². The van der Waals surface area contributed by atoms with Crippen molar-refractivity contribution in [2.75, 3.05) is 5.75 Å². The molecule has 0 aliphatic carbocycles. The zero-order chi connectivity index (χ0) is 14.1. The van der Waals surface area contributed by atoms with Gasteiger partial charge in [-0.1, -0.05) is 49.9 Å². The molecular formula is C16H21N3S. The van der Waals surface area contributed by atoms with Crippen LogP contribution in [0, 0.1) is 5.92 Å². The van der Waals surface area contributed by atoms with E-state index in [4.69, 9.17) is 10.7 Å². The molecule has 2 N–H and O–H groups in total. The van der Waals surface area contributed by atoms with Gasteiger partial charge >= 0.3 is 0 Å². The quantitative estimate of drug-likeness (QED) is 0.938. The van der Waals surface area contributed by atoms with Gasteiger partial charge in [-0.2, -0.15) is 0 Å². The maximum Gasteiger partial charge on any atom is 0.168 e. The van der Waals surface area contributed by atoms with E-state index in [1.54, 1.807) is 0 Å². The van der Waals surface area contributed by atoms with Crippen molar-refractivity contribution in [3.8, 4) is 11.3 Å². The van der Waals surface area contributed by atoms with Crippen LogP contribution in [-0.4, -0.2) is 15.3 Å². The van der Waals surface area contributed by atoms with Crippen LogP contribution < -0.4 is 5.73 Å². The summed E-state index contributed by atoms with van der Waals surface area (Å²) in [5.41, 5.74) is 10.7. The molecule has 0 saturated heterocycles. The maximum absolute atomic E-state index is 5.93. The fourth-order valence-corrected chi connectivity index (χ4v) is 3.71. The third-order valence-corrected chi connectivity index (χ3v) is 4.60. The van der Waals surface area contributed by atoms with Gasteiger partial charge in [0.1, 0.15) is 0 Å². The summed E-state index contributed by atoms with van der Waals surface area (Å²) in [6.07, 6.45) is 1.12. The number of fused-ring (bicyclic) bond motifs is 1. The Kier molecular flexibility index (Phi) is 3.85. The molecule has 0 radical (unpaired) electrons. The molecule has 20 heavy (non-hydrogen) atoms. The number of benzene rings is 1. The van der Waals surface area contributed by atoms with E-state index in [-0.39, 0.29) is 0 Å². The molecular weight excluding hydrogens is 266 g/mol. The molecule has 1 aromatic heterocycles. The Morgan fingerprint density at radius 3 is 2.70 bits per heavy atom. The van der Waals surface area contributed by atoms with E-state index in [1.165, 1.54) is 16.8 Å². The number of nitrogens with two attached hydrogens (primary N) is 1. The van der Waals surface area contributed by atoms with Gasteiger partial charge in [0, 0.05) is 24.4 Å². The standard InChI is InChI=1S/C16H21N3S/c1-11(2)9-12-3-5-13(6-4-12)15-14(10-17)19-7-8-20-16(19)18-15/h3-6,11H,7-10,17H2,1-2H3. The summed E-state index contributed by atoms with van der Waals surface area (Å²) in [6.45, 7) is 6.08. The van der Waals surface area contributed by atoms with Gasteiger partial charge < -0.3 is 10.3 Å². The molecule has 0 fully saturated rings. The van der Waals surface area contributed by atoms with Crippen molar-refractivity contribution in [1.29, 1.82) is 0 Å². The highest BCUT2D eigenvalue weighted by molar-refractivity contribution is 7.99. The largest absolute Gasteiger partial charge is 0.325 e. The smallest absolute Gasteiger partial charge is 0.168 e. The van der Waals surface area contributed by atoms with Gasteiger partial charge in [0.2, 0.25) is 0 Å². The predicted octanol–water partition coefficient (Wildman–Crippen LogP) is 3.31. The van der Waals surface area contributed by atoms with E-state index in [0.29, 0.717) is 12.5 Å². The Morgan fingerprint density at radius 1 is 1.30 bits per heavy atom. The molecule has 106 valence electrons. The summed E-state index contributed by atoms with van der Waals surface area (Å²) in [5, 5.41) is 1.12. The normalized spacial score (nSPS) is 14.0. The molecule has 0 atom stereocenters. The summed E-state index contributed by atoms with van der Waals surface area (Å²) in [4.78, 5) is 4.77. The van der Waals surface area contributed by atoms with Gasteiger partial charge in [-0.25, -0.2) is 4.98 Å². The highest BCUT2D eigenvalue weighted by atomic mass is 32.2. The van der Waals surface area contributed by atoms with Crippen molar-refractivity contribution in [3.05, 3.63) is 35.5 Å². The maximum atomic E-state index is 5.93. The highest BCUT2D eigenvalue weighted by Crippen LogP contribution is 2.33. The van der Waals surface area contributed by atoms with Crippen LogP contribution in [0.1, 0.15) is 25.1 Å². The molecule has 1 aliphatic rings. The molecule has 1 aliphatic heterocycles. The lowest BCUT2D eigenvalue weighted by molar-refractivity contribution is 0.647. The lowest BCUT2D eigenvalue weighted by Crippen LogP contribution is -2.07. The molecule has 3 rings (SSSR count). The fourth-order valence-electron chi connectivity index (χ4n) is 2.74. The third-order valence-electron chi connectivity index (χ3n) is 3.65. The minimum Gasteiger partial charge on any atom is -0.325 e. The van der Waals surface area contributed by atoms with Crippen molar-refractivity contribution < 1.29 is 0 Å². The van der Waals surface area contributed by atoms with Crippen molar-refractivity contribution >= 4 is 11.8 Å². The first kappa shape index (κ1) is 13.7. The SMILES string of the molecule is CC(C)Cc1ccc(-c2nc3n(c2CN)CCS3)cc1. The van der Waals surface area contributed by atoms with Crippen LogP contribution in [0.2, 0.25) is 0 Å². The van der Waals surface area contributed by atoms with E-state index >= 15 is 0 Å². The average Bonchev–Trinajstić information content (AvgIpc) is 2.98. The summed E-state index contributed by atoms with van der Waals surface area (Å²) in [7, 11) is 0. The Balaban J connectivity index is 1.93. The lowest BCUT2D eigenvalue weighted by atomic mass is 10.0. The molecule has 0 bridgehead atoms. The van der Waals surface area contributed by atoms with Crippen LogP contribution in [0.4, 0.5) is 0 Å². The van der Waals surface area contributed by atoms with Gasteiger partial charge in [0.05, 0.1) is 11.4 Å². The van der Waals surface area contributed by atoms with Crippen molar-refractivity contribution in [1.82, 2.24) is 9.55 Å². The van der Waals surface area contributed by atoms with Gasteiger partial charge in [0.15, 0.2) is 5.16 Å². The lowest BCUT2D eigenvalue weighted by Gasteiger charge is -2.07. The predicted molar refractivity (Wildman–Crippen MR) is 84.8 cm³/mol. The number of imidazole rings is 1. The fraction of sp³-hybridized carbons (Fsp3) is 0.438. The summed E-state index contributed by atoms with van der Waals surface area (Å²) < 4.78 is 2.27. The molecule has 1 aromatic carbocycles. The van der Waals surface area contributed by atoms with E-state index in [0.717, 1.165) is 29.6 Å². The minimum atomic E-state index is 0.552. The molecule has 3 nitrogen and oxygen atoms in total. The number of nitrogens with zero attached hydrogens (tertiary/aromatic N) is 2. The average molecular weight is 287 g/mol. The van der Waals surface area contributed by atoms with Crippen LogP contribution in [0.15, 0.2) is 29.4 Å². The van der Waals surface area contributed by atoms with Crippen LogP contribution >= 0.6 is 11.8 Å². The van der Waals surface area contributed by atoms with Crippen molar-refractivity contribution in [2.45, 2.75) is 38.5 Å². The van der Waals surface area contributed by atoms with E-state index in [2.05, 4.69) is 42.7 Å². The highest BCUT2D eigenvalue weighted by Gasteiger charge is 2.21. The van der Waals surface area contributed by atoms with E-state index < -0.39 is 0 Å². The summed E-state index contributed by atoms with van der Waals surface area (Å²) >= 11 is 1.82. The molecule has 0 spiro atoms. The van der Waals surface area contributed by atoms with Crippen LogP contribution in [-0.2, 0) is 19.5 Å². The van der Waals surface area contributed by atoms with Crippen LogP contribution in [0.5, 0.6) is 0 Å². The topological polar surface area (TPSA) is 43.8 Å². The number of aromatic nitrogens is 2. The van der Waals surface area contributed by atoms with Crippen LogP contribution in [0.3, 0.4) is 0 Å². The molecule has 0 amide bonds. The summed E-state index contributed by atoms with van der Waals surface area (Å²) in [5.74, 6) is 1.80. The number of rotatable bonds is 4. The first-order valence-corrected chi connectivity index (χ1v) is 8.19. The van der Waals surface area contributed by atoms with E-state index in [1.807, 2.05) is 11.8 Å². The zero-order valence-corrected chi connectivity index (χ0v) is 12.9. The van der Waals surface area contributed by atoms with Crippen molar-refractivity contribution in [2.24, 2.45) is 11.7 Å². The van der Waals surface area contributed by atoms with Gasteiger partial charge in [-0.05, 0) is 17.9 Å².